The molecular formula is C18H15N5O2S2. The third kappa shape index (κ3) is 4.44. The van der Waals surface area contributed by atoms with E-state index in [2.05, 4.69) is 25.4 Å². The maximum atomic E-state index is 12.1. The van der Waals surface area contributed by atoms with E-state index in [9.17, 15) is 4.79 Å². The molecule has 0 fully saturated rings. The standard InChI is InChI=1S/C18H15N5O2S2/c24-15(20-10-16-22-17(23-25-16)14-4-2-8-26-14)6-5-13-11-27-18(21-13)12-3-1-7-19-9-12/h1-4,7-9,11H,5-6,10H2,(H,20,24). The van der Waals surface area contributed by atoms with Gasteiger partial charge in [0.05, 0.1) is 17.1 Å². The van der Waals surface area contributed by atoms with Crippen molar-refractivity contribution in [1.82, 2.24) is 25.4 Å². The summed E-state index contributed by atoms with van der Waals surface area (Å²) in [6.45, 7) is 0.217. The van der Waals surface area contributed by atoms with E-state index in [0.717, 1.165) is 21.1 Å². The normalized spacial score (nSPS) is 10.8. The first-order chi connectivity index (χ1) is 13.3. The maximum absolute atomic E-state index is 12.1. The first kappa shape index (κ1) is 17.5. The smallest absolute Gasteiger partial charge is 0.246 e. The highest BCUT2D eigenvalue weighted by atomic mass is 32.1. The van der Waals surface area contributed by atoms with Crippen LogP contribution in [-0.4, -0.2) is 26.0 Å². The summed E-state index contributed by atoms with van der Waals surface area (Å²) in [5, 5.41) is 11.6. The number of thiophene rings is 1. The van der Waals surface area contributed by atoms with Crippen molar-refractivity contribution in [1.29, 1.82) is 0 Å². The van der Waals surface area contributed by atoms with Gasteiger partial charge in [-0.3, -0.25) is 9.78 Å². The third-order valence-corrected chi connectivity index (χ3v) is 5.52. The Morgan fingerprint density at radius 1 is 1.19 bits per heavy atom. The zero-order valence-electron chi connectivity index (χ0n) is 14.2. The van der Waals surface area contributed by atoms with Crippen LogP contribution in [0, 0.1) is 0 Å². The number of carbonyl (C=O) groups excluding carboxylic acids is 1. The average molecular weight is 397 g/mol. The molecule has 0 bridgehead atoms. The Bertz CT molecular complexity index is 1010. The highest BCUT2D eigenvalue weighted by Crippen LogP contribution is 2.23. The number of pyridine rings is 1. The largest absolute Gasteiger partial charge is 0.347 e. The lowest BCUT2D eigenvalue weighted by atomic mass is 10.2. The van der Waals surface area contributed by atoms with Crippen LogP contribution in [0.4, 0.5) is 0 Å². The zero-order chi connectivity index (χ0) is 18.5. The predicted octanol–water partition coefficient (Wildman–Crippen LogP) is 3.57. The third-order valence-electron chi connectivity index (χ3n) is 3.71. The molecule has 4 aromatic rings. The number of amides is 1. The number of nitrogens with one attached hydrogen (secondary N) is 1. The maximum Gasteiger partial charge on any atom is 0.246 e. The van der Waals surface area contributed by atoms with Crippen LogP contribution < -0.4 is 5.32 Å². The quantitative estimate of drug-likeness (QED) is 0.512. The van der Waals surface area contributed by atoms with E-state index in [0.29, 0.717) is 24.6 Å². The second kappa shape index (κ2) is 8.19. The number of aryl methyl sites for hydroxylation is 1. The summed E-state index contributed by atoms with van der Waals surface area (Å²) in [7, 11) is 0. The van der Waals surface area contributed by atoms with E-state index in [-0.39, 0.29) is 12.5 Å². The Balaban J connectivity index is 1.26. The number of hydrogen-bond acceptors (Lipinski definition) is 8. The van der Waals surface area contributed by atoms with E-state index in [1.165, 1.54) is 11.3 Å². The summed E-state index contributed by atoms with van der Waals surface area (Å²) in [4.78, 5) is 25.9. The van der Waals surface area contributed by atoms with Crippen LogP contribution in [0.5, 0.6) is 0 Å². The minimum Gasteiger partial charge on any atom is -0.347 e. The van der Waals surface area contributed by atoms with Crippen LogP contribution in [-0.2, 0) is 17.8 Å². The Morgan fingerprint density at radius 2 is 2.15 bits per heavy atom. The van der Waals surface area contributed by atoms with Crippen molar-refractivity contribution in [3.05, 3.63) is 59.0 Å². The fourth-order valence-electron chi connectivity index (χ4n) is 2.38. The molecule has 0 saturated heterocycles. The number of hydrogen-bond donors (Lipinski definition) is 1. The van der Waals surface area contributed by atoms with Crippen molar-refractivity contribution in [2.45, 2.75) is 19.4 Å². The van der Waals surface area contributed by atoms with Crippen LogP contribution >= 0.6 is 22.7 Å². The van der Waals surface area contributed by atoms with Gasteiger partial charge in [-0.05, 0) is 30.0 Å². The molecule has 0 unspecified atom stereocenters. The van der Waals surface area contributed by atoms with Gasteiger partial charge in [0.15, 0.2) is 0 Å². The lowest BCUT2D eigenvalue weighted by molar-refractivity contribution is -0.121. The molecule has 27 heavy (non-hydrogen) atoms. The molecule has 4 aromatic heterocycles. The van der Waals surface area contributed by atoms with Crippen LogP contribution in [0.15, 0.2) is 51.9 Å². The Kier molecular flexibility index (Phi) is 5.31. The number of rotatable bonds is 7. The highest BCUT2D eigenvalue weighted by molar-refractivity contribution is 7.13. The molecule has 0 atom stereocenters. The fraction of sp³-hybridized carbons (Fsp3) is 0.167. The second-order valence-corrected chi connectivity index (χ2v) is 7.46. The molecule has 4 heterocycles. The lowest BCUT2D eigenvalue weighted by Gasteiger charge is -2.00. The van der Waals surface area contributed by atoms with Crippen molar-refractivity contribution in [3.63, 3.8) is 0 Å². The van der Waals surface area contributed by atoms with Gasteiger partial charge in [0.2, 0.25) is 17.6 Å². The molecule has 0 saturated carbocycles. The van der Waals surface area contributed by atoms with Crippen LogP contribution in [0.25, 0.3) is 21.3 Å². The summed E-state index contributed by atoms with van der Waals surface area (Å²) in [6.07, 6.45) is 4.44. The molecule has 7 nitrogen and oxygen atoms in total. The van der Waals surface area contributed by atoms with Crippen LogP contribution in [0.2, 0.25) is 0 Å². The van der Waals surface area contributed by atoms with E-state index >= 15 is 0 Å². The summed E-state index contributed by atoms with van der Waals surface area (Å²) in [5.74, 6) is 0.848. The molecule has 9 heteroatoms. The van der Waals surface area contributed by atoms with Crippen molar-refractivity contribution in [2.75, 3.05) is 0 Å². The molecular weight excluding hydrogens is 382 g/mol. The highest BCUT2D eigenvalue weighted by Gasteiger charge is 2.11. The van der Waals surface area contributed by atoms with E-state index in [1.807, 2.05) is 35.0 Å². The van der Waals surface area contributed by atoms with Gasteiger partial charge in [0.25, 0.3) is 0 Å². The predicted molar refractivity (Wildman–Crippen MR) is 103 cm³/mol. The molecule has 136 valence electrons. The number of aromatic nitrogens is 4. The summed E-state index contributed by atoms with van der Waals surface area (Å²) in [5.41, 5.74) is 1.88. The number of nitrogens with zero attached hydrogens (tertiary/aromatic N) is 4. The van der Waals surface area contributed by atoms with Crippen molar-refractivity contribution in [2.24, 2.45) is 0 Å². The lowest BCUT2D eigenvalue weighted by Crippen LogP contribution is -2.23. The van der Waals surface area contributed by atoms with Crippen LogP contribution in [0.1, 0.15) is 18.0 Å². The molecule has 0 spiro atoms. The van der Waals surface area contributed by atoms with Gasteiger partial charge in [-0.1, -0.05) is 11.2 Å². The summed E-state index contributed by atoms with van der Waals surface area (Å²) < 4.78 is 5.17. The van der Waals surface area contributed by atoms with Crippen molar-refractivity contribution in [3.8, 4) is 21.3 Å². The van der Waals surface area contributed by atoms with E-state index < -0.39 is 0 Å². The Labute approximate surface area is 163 Å². The molecule has 4 rings (SSSR count). The van der Waals surface area contributed by atoms with Gasteiger partial charge < -0.3 is 9.84 Å². The van der Waals surface area contributed by atoms with Crippen molar-refractivity contribution >= 4 is 28.6 Å². The Morgan fingerprint density at radius 3 is 2.96 bits per heavy atom. The van der Waals surface area contributed by atoms with Gasteiger partial charge in [-0.2, -0.15) is 4.98 Å². The molecule has 0 radical (unpaired) electrons. The Hall–Kier alpha value is -2.91. The molecule has 0 aliphatic heterocycles. The second-order valence-electron chi connectivity index (χ2n) is 5.65. The number of thiazole rings is 1. The molecule has 0 aliphatic rings. The van der Waals surface area contributed by atoms with Gasteiger partial charge in [-0.25, -0.2) is 4.98 Å². The van der Waals surface area contributed by atoms with E-state index in [4.69, 9.17) is 4.52 Å². The zero-order valence-corrected chi connectivity index (χ0v) is 15.8. The SMILES string of the molecule is O=C(CCc1csc(-c2cccnc2)n1)NCc1nc(-c2cccs2)no1. The van der Waals surface area contributed by atoms with Crippen LogP contribution in [0.3, 0.4) is 0 Å². The average Bonchev–Trinajstić information content (AvgIpc) is 3.47. The molecule has 1 N–H and O–H groups in total. The van der Waals surface area contributed by atoms with Gasteiger partial charge in [0.1, 0.15) is 5.01 Å². The molecule has 0 aromatic carbocycles. The summed E-state index contributed by atoms with van der Waals surface area (Å²) >= 11 is 3.09. The minimum absolute atomic E-state index is 0.0817. The number of carbonyl (C=O) groups is 1. The monoisotopic (exact) mass is 397 g/mol. The molecule has 1 amide bonds. The minimum atomic E-state index is -0.0817. The van der Waals surface area contributed by atoms with E-state index in [1.54, 1.807) is 23.7 Å². The first-order valence-corrected chi connectivity index (χ1v) is 10.0. The topological polar surface area (TPSA) is 93.8 Å². The van der Waals surface area contributed by atoms with Gasteiger partial charge >= 0.3 is 0 Å². The van der Waals surface area contributed by atoms with Gasteiger partial charge in [0, 0.05) is 29.8 Å². The summed E-state index contributed by atoms with van der Waals surface area (Å²) in [6, 6.07) is 7.70. The fourth-order valence-corrected chi connectivity index (χ4v) is 3.87. The van der Waals surface area contributed by atoms with Gasteiger partial charge in [-0.15, -0.1) is 22.7 Å². The first-order valence-electron chi connectivity index (χ1n) is 8.26. The van der Waals surface area contributed by atoms with Crippen molar-refractivity contribution < 1.29 is 9.32 Å². The molecule has 0 aliphatic carbocycles.